The number of aromatic nitrogens is 1. The van der Waals surface area contributed by atoms with Gasteiger partial charge in [-0.2, -0.15) is 0 Å². The first-order valence-electron chi connectivity index (χ1n) is 4.98. The Hall–Kier alpha value is -1.45. The van der Waals surface area contributed by atoms with Crippen LogP contribution in [0, 0.1) is 0 Å². The fourth-order valence-electron chi connectivity index (χ4n) is 1.48. The van der Waals surface area contributed by atoms with Gasteiger partial charge in [0.05, 0.1) is 12.6 Å². The van der Waals surface area contributed by atoms with Crippen LogP contribution in [0.1, 0.15) is 23.2 Å². The fourth-order valence-corrected chi connectivity index (χ4v) is 2.10. The summed E-state index contributed by atoms with van der Waals surface area (Å²) in [4.78, 5) is 13.8. The molecule has 0 saturated heterocycles. The number of carbonyl (C=O) groups is 1. The minimum atomic E-state index is -5.04. The Morgan fingerprint density at radius 1 is 1.40 bits per heavy atom. The normalized spacial score (nSPS) is 11.8. The number of nitrogens with zero attached hydrogens (tertiary/aromatic N) is 1. The molecule has 0 spiro atoms. The second-order valence-electron chi connectivity index (χ2n) is 3.52. The summed E-state index contributed by atoms with van der Waals surface area (Å²) in [7, 11) is 0. The first-order chi connectivity index (χ1) is 9.15. The van der Waals surface area contributed by atoms with Crippen molar-refractivity contribution in [3.63, 3.8) is 0 Å². The largest absolute Gasteiger partial charge is 0.573 e. The molecule has 1 rings (SSSR count). The number of alkyl halides is 6. The molecule has 4 nitrogen and oxygen atoms in total. The first kappa shape index (κ1) is 16.6. The third kappa shape index (κ3) is 4.29. The maximum atomic E-state index is 12.7. The predicted molar refractivity (Wildman–Crippen MR) is 59.8 cm³/mol. The van der Waals surface area contributed by atoms with Crippen LogP contribution in [0.4, 0.5) is 22.0 Å². The van der Waals surface area contributed by atoms with Crippen molar-refractivity contribution >= 4 is 21.9 Å². The van der Waals surface area contributed by atoms with Crippen LogP contribution in [0.3, 0.4) is 0 Å². The highest BCUT2D eigenvalue weighted by Gasteiger charge is 2.33. The van der Waals surface area contributed by atoms with Gasteiger partial charge in [-0.05, 0) is 5.56 Å². The fraction of sp³-hybridized carbons (Fsp3) is 0.400. The Morgan fingerprint density at radius 2 is 2.00 bits per heavy atom. The molecule has 1 N–H and O–H groups in total. The van der Waals surface area contributed by atoms with Gasteiger partial charge in [-0.3, -0.25) is 9.78 Å². The lowest BCUT2D eigenvalue weighted by Crippen LogP contribution is -2.20. The van der Waals surface area contributed by atoms with E-state index in [1.165, 1.54) is 0 Å². The zero-order valence-corrected chi connectivity index (χ0v) is 11.1. The molecule has 0 aromatic carbocycles. The molecular formula is C10H7BrF5NO3. The third-order valence-electron chi connectivity index (χ3n) is 2.19. The molecule has 1 aromatic heterocycles. The van der Waals surface area contributed by atoms with E-state index < -0.39 is 42.2 Å². The minimum Gasteiger partial charge on any atom is -0.481 e. The summed E-state index contributed by atoms with van der Waals surface area (Å²) in [5.74, 6) is -2.28. The molecule has 0 atom stereocenters. The van der Waals surface area contributed by atoms with Gasteiger partial charge in [0.1, 0.15) is 5.69 Å². The smallest absolute Gasteiger partial charge is 0.481 e. The molecule has 0 aliphatic heterocycles. The SMILES string of the molecule is O=C(O)Cc1c(C(F)F)ncc(OC(F)(F)F)c1CBr. The molecule has 0 amide bonds. The molecule has 10 heteroatoms. The van der Waals surface area contributed by atoms with Gasteiger partial charge in [-0.25, -0.2) is 8.78 Å². The Morgan fingerprint density at radius 3 is 2.40 bits per heavy atom. The summed E-state index contributed by atoms with van der Waals surface area (Å²) in [6, 6.07) is 0. The van der Waals surface area contributed by atoms with E-state index in [0.29, 0.717) is 6.20 Å². The molecule has 0 fully saturated rings. The molecular weight excluding hydrogens is 357 g/mol. The van der Waals surface area contributed by atoms with Crippen LogP contribution in [0.5, 0.6) is 5.75 Å². The Kier molecular flexibility index (Phi) is 5.26. The lowest BCUT2D eigenvalue weighted by atomic mass is 10.0. The molecule has 1 aromatic rings. The second kappa shape index (κ2) is 6.33. The molecule has 0 aliphatic rings. The molecule has 0 radical (unpaired) electrons. The van der Waals surface area contributed by atoms with Gasteiger partial charge in [0.2, 0.25) is 0 Å². The number of carboxylic acids is 1. The lowest BCUT2D eigenvalue weighted by molar-refractivity contribution is -0.275. The number of hydrogen-bond donors (Lipinski definition) is 1. The van der Waals surface area contributed by atoms with Crippen molar-refractivity contribution in [3.8, 4) is 5.75 Å². The third-order valence-corrected chi connectivity index (χ3v) is 2.75. The molecule has 1 heterocycles. The van der Waals surface area contributed by atoms with Crippen LogP contribution >= 0.6 is 15.9 Å². The monoisotopic (exact) mass is 363 g/mol. The lowest BCUT2D eigenvalue weighted by Gasteiger charge is -2.16. The second-order valence-corrected chi connectivity index (χ2v) is 4.08. The number of carboxylic acid groups (broad SMARTS) is 1. The van der Waals surface area contributed by atoms with E-state index in [0.717, 1.165) is 0 Å². The summed E-state index contributed by atoms with van der Waals surface area (Å²) >= 11 is 2.83. The highest BCUT2D eigenvalue weighted by atomic mass is 79.9. The zero-order chi connectivity index (χ0) is 15.5. The van der Waals surface area contributed by atoms with Crippen molar-refractivity contribution in [2.75, 3.05) is 0 Å². The Labute approximate surface area is 117 Å². The molecule has 20 heavy (non-hydrogen) atoms. The highest BCUT2D eigenvalue weighted by molar-refractivity contribution is 9.08. The number of aliphatic carboxylic acids is 1. The number of halogens is 6. The van der Waals surface area contributed by atoms with E-state index in [2.05, 4.69) is 25.7 Å². The van der Waals surface area contributed by atoms with E-state index in [4.69, 9.17) is 5.11 Å². The summed E-state index contributed by atoms with van der Waals surface area (Å²) in [5, 5.41) is 8.38. The number of hydrogen-bond acceptors (Lipinski definition) is 3. The summed E-state index contributed by atoms with van der Waals surface area (Å²) in [6.45, 7) is 0. The van der Waals surface area contributed by atoms with Crippen LogP contribution in [0.15, 0.2) is 6.20 Å². The van der Waals surface area contributed by atoms with Crippen LogP contribution < -0.4 is 4.74 Å². The van der Waals surface area contributed by atoms with Gasteiger partial charge in [-0.15, -0.1) is 13.2 Å². The van der Waals surface area contributed by atoms with Crippen LogP contribution in [-0.4, -0.2) is 22.4 Å². The Bertz CT molecular complexity index is 506. The molecule has 0 aliphatic carbocycles. The summed E-state index contributed by atoms with van der Waals surface area (Å²) < 4.78 is 65.7. The van der Waals surface area contributed by atoms with E-state index in [9.17, 15) is 26.7 Å². The Balaban J connectivity index is 3.39. The van der Waals surface area contributed by atoms with Gasteiger partial charge in [0.25, 0.3) is 6.43 Å². The molecule has 112 valence electrons. The minimum absolute atomic E-state index is 0.288. The van der Waals surface area contributed by atoms with Crippen LogP contribution in [0.25, 0.3) is 0 Å². The number of rotatable bonds is 5. The van der Waals surface area contributed by atoms with E-state index in [-0.39, 0.29) is 10.9 Å². The quantitative estimate of drug-likeness (QED) is 0.643. The molecule has 0 unspecified atom stereocenters. The average molecular weight is 364 g/mol. The number of pyridine rings is 1. The van der Waals surface area contributed by atoms with Crippen LogP contribution in [-0.2, 0) is 16.5 Å². The topological polar surface area (TPSA) is 59.4 Å². The van der Waals surface area contributed by atoms with Gasteiger partial charge < -0.3 is 9.84 Å². The maximum absolute atomic E-state index is 12.7. The van der Waals surface area contributed by atoms with Crippen molar-refractivity contribution in [2.45, 2.75) is 24.5 Å². The van der Waals surface area contributed by atoms with Gasteiger partial charge in [0, 0.05) is 10.9 Å². The van der Waals surface area contributed by atoms with E-state index >= 15 is 0 Å². The van der Waals surface area contributed by atoms with Gasteiger partial charge in [-0.1, -0.05) is 15.9 Å². The molecule has 0 saturated carbocycles. The van der Waals surface area contributed by atoms with Crippen molar-refractivity contribution in [2.24, 2.45) is 0 Å². The van der Waals surface area contributed by atoms with Gasteiger partial charge >= 0.3 is 12.3 Å². The summed E-state index contributed by atoms with van der Waals surface area (Å²) in [6.07, 6.45) is -8.53. The first-order valence-corrected chi connectivity index (χ1v) is 6.10. The van der Waals surface area contributed by atoms with Crippen molar-refractivity contribution in [3.05, 3.63) is 23.0 Å². The van der Waals surface area contributed by atoms with Crippen molar-refractivity contribution < 1.29 is 36.6 Å². The summed E-state index contributed by atoms with van der Waals surface area (Å²) in [5.41, 5.74) is -1.70. The number of ether oxygens (including phenoxy) is 1. The highest BCUT2D eigenvalue weighted by Crippen LogP contribution is 2.34. The predicted octanol–water partition coefficient (Wildman–Crippen LogP) is 3.44. The maximum Gasteiger partial charge on any atom is 0.573 e. The van der Waals surface area contributed by atoms with Crippen molar-refractivity contribution in [1.82, 2.24) is 4.98 Å². The standard InChI is InChI=1S/C10H7BrF5NO3/c11-2-5-4(1-7(18)19)8(9(12)13)17-3-6(5)20-10(14,15)16/h3,9H,1-2H2,(H,18,19). The average Bonchev–Trinajstić information content (AvgIpc) is 2.25. The van der Waals surface area contributed by atoms with E-state index in [1.807, 2.05) is 0 Å². The van der Waals surface area contributed by atoms with Gasteiger partial charge in [0.15, 0.2) is 5.75 Å². The van der Waals surface area contributed by atoms with Crippen LogP contribution in [0.2, 0.25) is 0 Å². The molecule has 0 bridgehead atoms. The van der Waals surface area contributed by atoms with E-state index in [1.54, 1.807) is 0 Å². The van der Waals surface area contributed by atoms with Crippen molar-refractivity contribution in [1.29, 1.82) is 0 Å². The zero-order valence-electron chi connectivity index (χ0n) is 9.55.